The van der Waals surface area contributed by atoms with Crippen molar-refractivity contribution in [1.82, 2.24) is 15.1 Å². The summed E-state index contributed by atoms with van der Waals surface area (Å²) in [7, 11) is 3.18. The fourth-order valence-electron chi connectivity index (χ4n) is 3.39. The van der Waals surface area contributed by atoms with Crippen LogP contribution in [0, 0.1) is 11.5 Å². The Morgan fingerprint density at radius 1 is 1.16 bits per heavy atom. The minimum Gasteiger partial charge on any atom is -0.496 e. The fraction of sp³-hybridized carbons (Fsp3) is 0.250. The van der Waals surface area contributed by atoms with Crippen LogP contribution < -0.4 is 15.8 Å². The number of nitrogens with one attached hydrogen (secondary N) is 1. The van der Waals surface area contributed by atoms with Crippen LogP contribution in [-0.4, -0.2) is 42.6 Å². The second kappa shape index (κ2) is 10.4. The summed E-state index contributed by atoms with van der Waals surface area (Å²) in [5, 5.41) is 12.5. The molecule has 1 unspecified atom stereocenters. The number of hydrogen-bond donors (Lipinski definition) is 2. The van der Waals surface area contributed by atoms with Gasteiger partial charge in [-0.25, -0.2) is 4.90 Å². The van der Waals surface area contributed by atoms with Crippen molar-refractivity contribution in [2.24, 2.45) is 5.73 Å². The zero-order valence-electron chi connectivity index (χ0n) is 18.4. The molecule has 3 rings (SSSR count). The Balaban J connectivity index is 1.74. The second-order valence-corrected chi connectivity index (χ2v) is 7.34. The van der Waals surface area contributed by atoms with E-state index in [9.17, 15) is 10.1 Å². The molecule has 0 aliphatic carbocycles. The summed E-state index contributed by atoms with van der Waals surface area (Å²) in [5.74, 6) is 0.651. The first-order valence-corrected chi connectivity index (χ1v) is 10.1. The molecule has 0 aromatic heterocycles. The van der Waals surface area contributed by atoms with E-state index in [2.05, 4.69) is 11.5 Å². The summed E-state index contributed by atoms with van der Waals surface area (Å²) in [6.45, 7) is 2.89. The Bertz CT molecular complexity index is 1060. The van der Waals surface area contributed by atoms with Crippen LogP contribution in [0.2, 0.25) is 0 Å². The van der Waals surface area contributed by atoms with E-state index in [-0.39, 0.29) is 11.9 Å². The molecule has 0 saturated heterocycles. The van der Waals surface area contributed by atoms with Gasteiger partial charge in [0, 0.05) is 31.6 Å². The highest BCUT2D eigenvalue weighted by atomic mass is 16.5. The molecule has 1 aliphatic rings. The van der Waals surface area contributed by atoms with Gasteiger partial charge in [0.15, 0.2) is 6.19 Å². The maximum Gasteiger partial charge on any atom is 0.255 e. The maximum absolute atomic E-state index is 12.5. The highest BCUT2D eigenvalue weighted by Gasteiger charge is 2.23. The third-order valence-corrected chi connectivity index (χ3v) is 5.12. The third kappa shape index (κ3) is 5.02. The molecule has 1 atom stereocenters. The van der Waals surface area contributed by atoms with Crippen LogP contribution in [0.1, 0.15) is 28.4 Å². The van der Waals surface area contributed by atoms with Gasteiger partial charge in [-0.15, -0.1) is 0 Å². The molecule has 1 amide bonds. The Labute approximate surface area is 188 Å². The average Bonchev–Trinajstić information content (AvgIpc) is 2.82. The molecular weight excluding hydrogens is 406 g/mol. The van der Waals surface area contributed by atoms with E-state index in [1.54, 1.807) is 31.5 Å². The number of carbonyl (C=O) groups excluding carboxylic acids is 1. The second-order valence-electron chi connectivity index (χ2n) is 7.34. The maximum atomic E-state index is 12.5. The molecule has 0 bridgehead atoms. The fourth-order valence-corrected chi connectivity index (χ4v) is 3.39. The Kier molecular flexibility index (Phi) is 7.37. The summed E-state index contributed by atoms with van der Waals surface area (Å²) in [6.07, 6.45) is 5.72. The van der Waals surface area contributed by atoms with Gasteiger partial charge in [-0.05, 0) is 24.6 Å². The number of carbonyl (C=O) groups is 1. The average molecular weight is 434 g/mol. The van der Waals surface area contributed by atoms with Crippen LogP contribution in [0.3, 0.4) is 0 Å². The first-order valence-electron chi connectivity index (χ1n) is 10.1. The van der Waals surface area contributed by atoms with Gasteiger partial charge in [-0.3, -0.25) is 4.79 Å². The Morgan fingerprint density at radius 2 is 1.88 bits per heavy atom. The van der Waals surface area contributed by atoms with Gasteiger partial charge in [0.1, 0.15) is 11.6 Å². The Hall–Kier alpha value is -3.96. The van der Waals surface area contributed by atoms with E-state index in [4.69, 9.17) is 15.2 Å². The molecule has 0 saturated carbocycles. The van der Waals surface area contributed by atoms with Gasteiger partial charge in [0.2, 0.25) is 0 Å². The predicted octanol–water partition coefficient (Wildman–Crippen LogP) is 2.81. The predicted molar refractivity (Wildman–Crippen MR) is 121 cm³/mol. The van der Waals surface area contributed by atoms with Crippen molar-refractivity contribution in [3.05, 3.63) is 83.4 Å². The van der Waals surface area contributed by atoms with Gasteiger partial charge in [-0.1, -0.05) is 36.4 Å². The van der Waals surface area contributed by atoms with Crippen LogP contribution in [0.15, 0.2) is 66.8 Å². The zero-order chi connectivity index (χ0) is 23.1. The zero-order valence-corrected chi connectivity index (χ0v) is 18.4. The van der Waals surface area contributed by atoms with Crippen molar-refractivity contribution in [3.63, 3.8) is 0 Å². The third-order valence-electron chi connectivity index (χ3n) is 5.12. The van der Waals surface area contributed by atoms with E-state index in [0.29, 0.717) is 36.0 Å². The molecule has 32 heavy (non-hydrogen) atoms. The number of hydrogen-bond acceptors (Lipinski definition) is 7. The number of nitriles is 1. The molecule has 1 heterocycles. The van der Waals surface area contributed by atoms with Gasteiger partial charge >= 0.3 is 0 Å². The summed E-state index contributed by atoms with van der Waals surface area (Å²) < 4.78 is 10.5. The number of para-hydroxylation sites is 1. The number of nitrogens with zero attached hydrogens (tertiary/aromatic N) is 3. The monoisotopic (exact) mass is 433 g/mol. The molecule has 3 N–H and O–H groups in total. The molecule has 0 fully saturated rings. The summed E-state index contributed by atoms with van der Waals surface area (Å²) in [5.41, 5.74) is 9.02. The van der Waals surface area contributed by atoms with Crippen molar-refractivity contribution in [1.29, 1.82) is 5.26 Å². The highest BCUT2D eigenvalue weighted by molar-refractivity contribution is 5.96. The first-order chi connectivity index (χ1) is 15.5. The lowest BCUT2D eigenvalue weighted by Crippen LogP contribution is -2.35. The van der Waals surface area contributed by atoms with E-state index in [1.807, 2.05) is 48.4 Å². The molecule has 8 nitrogen and oxygen atoms in total. The summed E-state index contributed by atoms with van der Waals surface area (Å²) >= 11 is 0. The number of methoxy groups -OCH3 is 2. The lowest BCUT2D eigenvalue weighted by molar-refractivity contribution is 0.0948. The van der Waals surface area contributed by atoms with Gasteiger partial charge < -0.3 is 25.4 Å². The lowest BCUT2D eigenvalue weighted by atomic mass is 10.1. The molecule has 2 aromatic carbocycles. The highest BCUT2D eigenvalue weighted by Crippen LogP contribution is 2.27. The number of amides is 1. The minimum atomic E-state index is -0.210. The smallest absolute Gasteiger partial charge is 0.255 e. The van der Waals surface area contributed by atoms with Crippen LogP contribution in [0.5, 0.6) is 5.75 Å². The number of ether oxygens (including phenoxy) is 2. The van der Waals surface area contributed by atoms with Crippen molar-refractivity contribution in [2.45, 2.75) is 19.5 Å². The van der Waals surface area contributed by atoms with E-state index < -0.39 is 0 Å². The molecule has 166 valence electrons. The van der Waals surface area contributed by atoms with Crippen molar-refractivity contribution in [2.75, 3.05) is 20.8 Å². The van der Waals surface area contributed by atoms with Crippen LogP contribution >= 0.6 is 0 Å². The number of nitrogens with two attached hydrogens (primary N) is 1. The largest absolute Gasteiger partial charge is 0.496 e. The van der Waals surface area contributed by atoms with Crippen molar-refractivity contribution in [3.8, 4) is 11.9 Å². The summed E-state index contributed by atoms with van der Waals surface area (Å²) in [6, 6.07) is 14.8. The van der Waals surface area contributed by atoms with E-state index in [0.717, 1.165) is 11.1 Å². The quantitative estimate of drug-likeness (QED) is 0.617. The van der Waals surface area contributed by atoms with Crippen molar-refractivity contribution >= 4 is 11.6 Å². The molecule has 1 aliphatic heterocycles. The van der Waals surface area contributed by atoms with Gasteiger partial charge in [-0.2, -0.15) is 5.26 Å². The van der Waals surface area contributed by atoms with Crippen LogP contribution in [-0.2, 0) is 11.3 Å². The number of rotatable bonds is 8. The minimum absolute atomic E-state index is 0.0545. The van der Waals surface area contributed by atoms with E-state index >= 15 is 0 Å². The standard InChI is InChI=1S/C24H27N5O3/c1-17(15-31-2)28-13-21(29(16-25)23(26)14-28)19-10-8-18(9-11-19)12-27-24(30)20-6-4-5-7-22(20)32-3/h4-11,13-14,17H,12,15,26H2,1-3H3,(H,27,30). The molecule has 0 radical (unpaired) electrons. The molecular formula is C24H27N5O3. The summed E-state index contributed by atoms with van der Waals surface area (Å²) in [4.78, 5) is 15.8. The normalized spacial score (nSPS) is 14.2. The number of benzene rings is 2. The Morgan fingerprint density at radius 3 is 2.53 bits per heavy atom. The molecule has 0 spiro atoms. The molecule has 8 heteroatoms. The molecule has 2 aromatic rings. The van der Waals surface area contributed by atoms with Gasteiger partial charge in [0.05, 0.1) is 31.0 Å². The van der Waals surface area contributed by atoms with Crippen LogP contribution in [0.4, 0.5) is 0 Å². The lowest BCUT2D eigenvalue weighted by Gasteiger charge is -2.32. The SMILES string of the molecule is COCC(C)N1C=C(N)N(C#N)C(c2ccc(CNC(=O)c3ccccc3OC)cc2)=C1. The van der Waals surface area contributed by atoms with Crippen molar-refractivity contribution < 1.29 is 14.3 Å². The topological polar surface area (TPSA) is 104 Å². The van der Waals surface area contributed by atoms with Gasteiger partial charge in [0.25, 0.3) is 5.91 Å². The van der Waals surface area contributed by atoms with E-state index in [1.165, 1.54) is 12.0 Å². The first kappa shape index (κ1) is 22.7. The van der Waals surface area contributed by atoms with Crippen LogP contribution in [0.25, 0.3) is 5.70 Å².